The highest BCUT2D eigenvalue weighted by Crippen LogP contribution is 2.22. The van der Waals surface area contributed by atoms with Gasteiger partial charge < -0.3 is 15.1 Å². The van der Waals surface area contributed by atoms with Crippen LogP contribution in [0.2, 0.25) is 0 Å². The zero-order chi connectivity index (χ0) is 15.7. The lowest BCUT2D eigenvalue weighted by molar-refractivity contribution is 0.0688. The molecule has 6 heteroatoms. The first kappa shape index (κ1) is 17.5. The van der Waals surface area contributed by atoms with Crippen molar-refractivity contribution >= 4 is 29.3 Å². The van der Waals surface area contributed by atoms with Crippen LogP contribution in [-0.4, -0.2) is 30.4 Å². The van der Waals surface area contributed by atoms with E-state index in [0.717, 1.165) is 18.2 Å². The normalized spacial score (nSPS) is 15.5. The molecule has 1 aromatic carbocycles. The predicted molar refractivity (Wildman–Crippen MR) is 92.2 cm³/mol. The van der Waals surface area contributed by atoms with Gasteiger partial charge in [0.15, 0.2) is 0 Å². The molecule has 2 aromatic rings. The SMILES string of the molecule is Cc1c(C(=O)N2CCC(CN)CC2)c(=O)oc2ccccc12.Cl. The van der Waals surface area contributed by atoms with Gasteiger partial charge in [0, 0.05) is 18.5 Å². The number of likely N-dealkylation sites (tertiary alicyclic amines) is 1. The van der Waals surface area contributed by atoms with Crippen molar-refractivity contribution in [2.24, 2.45) is 11.7 Å². The van der Waals surface area contributed by atoms with Crippen molar-refractivity contribution in [1.82, 2.24) is 4.90 Å². The quantitative estimate of drug-likeness (QED) is 0.854. The molecule has 2 N–H and O–H groups in total. The Hall–Kier alpha value is -1.85. The highest BCUT2D eigenvalue weighted by molar-refractivity contribution is 5.99. The number of hydrogen-bond donors (Lipinski definition) is 1. The number of benzene rings is 1. The van der Waals surface area contributed by atoms with Gasteiger partial charge in [0.25, 0.3) is 5.91 Å². The third-order valence-electron chi connectivity index (χ3n) is 4.52. The molecule has 0 spiro atoms. The molecule has 0 saturated carbocycles. The molecule has 1 saturated heterocycles. The Morgan fingerprint density at radius 2 is 1.96 bits per heavy atom. The van der Waals surface area contributed by atoms with Crippen molar-refractivity contribution < 1.29 is 9.21 Å². The van der Waals surface area contributed by atoms with Gasteiger partial charge in [-0.15, -0.1) is 12.4 Å². The van der Waals surface area contributed by atoms with Crippen molar-refractivity contribution in [3.8, 4) is 0 Å². The van der Waals surface area contributed by atoms with Gasteiger partial charge in [-0.1, -0.05) is 18.2 Å². The van der Waals surface area contributed by atoms with E-state index in [0.29, 0.717) is 36.7 Å². The summed E-state index contributed by atoms with van der Waals surface area (Å²) in [6.07, 6.45) is 1.78. The van der Waals surface area contributed by atoms with Gasteiger partial charge >= 0.3 is 5.63 Å². The summed E-state index contributed by atoms with van der Waals surface area (Å²) in [5.41, 5.74) is 6.49. The van der Waals surface area contributed by atoms with Crippen LogP contribution in [0.25, 0.3) is 11.0 Å². The second-order valence-corrected chi connectivity index (χ2v) is 5.86. The number of aryl methyl sites for hydroxylation is 1. The minimum Gasteiger partial charge on any atom is -0.422 e. The van der Waals surface area contributed by atoms with Crippen molar-refractivity contribution in [3.05, 3.63) is 45.8 Å². The summed E-state index contributed by atoms with van der Waals surface area (Å²) in [6.45, 7) is 3.75. The van der Waals surface area contributed by atoms with E-state index in [9.17, 15) is 9.59 Å². The summed E-state index contributed by atoms with van der Waals surface area (Å²) in [5.74, 6) is 0.241. The van der Waals surface area contributed by atoms with Gasteiger partial charge in [-0.2, -0.15) is 0 Å². The molecule has 1 aromatic heterocycles. The average molecular weight is 337 g/mol. The Kier molecular flexibility index (Phi) is 5.44. The lowest BCUT2D eigenvalue weighted by Crippen LogP contribution is -2.41. The smallest absolute Gasteiger partial charge is 0.349 e. The van der Waals surface area contributed by atoms with Crippen LogP contribution in [0.5, 0.6) is 0 Å². The van der Waals surface area contributed by atoms with Crippen molar-refractivity contribution in [2.45, 2.75) is 19.8 Å². The van der Waals surface area contributed by atoms with Gasteiger partial charge in [0.05, 0.1) is 0 Å². The van der Waals surface area contributed by atoms with Gasteiger partial charge in [0.1, 0.15) is 11.1 Å². The Morgan fingerprint density at radius 1 is 1.30 bits per heavy atom. The van der Waals surface area contributed by atoms with Crippen LogP contribution in [0, 0.1) is 12.8 Å². The number of hydrogen-bond acceptors (Lipinski definition) is 4. The molecule has 3 rings (SSSR count). The van der Waals surface area contributed by atoms with Crippen LogP contribution in [0.1, 0.15) is 28.8 Å². The molecule has 0 aliphatic carbocycles. The van der Waals surface area contributed by atoms with Gasteiger partial charge in [0.2, 0.25) is 0 Å². The first-order chi connectivity index (χ1) is 10.6. The topological polar surface area (TPSA) is 76.5 Å². The summed E-state index contributed by atoms with van der Waals surface area (Å²) >= 11 is 0. The number of rotatable bonds is 2. The third kappa shape index (κ3) is 3.26. The Bertz CT molecular complexity index is 764. The summed E-state index contributed by atoms with van der Waals surface area (Å²) in [7, 11) is 0. The molecular weight excluding hydrogens is 316 g/mol. The van der Waals surface area contributed by atoms with E-state index in [1.54, 1.807) is 17.9 Å². The highest BCUT2D eigenvalue weighted by atomic mass is 35.5. The fourth-order valence-electron chi connectivity index (χ4n) is 3.08. The Balaban J connectivity index is 0.00000192. The van der Waals surface area contributed by atoms with Crippen molar-refractivity contribution in [3.63, 3.8) is 0 Å². The molecular formula is C17H21ClN2O3. The molecule has 0 radical (unpaired) electrons. The first-order valence-corrected chi connectivity index (χ1v) is 7.63. The fourth-order valence-corrected chi connectivity index (χ4v) is 3.08. The maximum absolute atomic E-state index is 12.7. The van der Waals surface area contributed by atoms with Crippen LogP contribution in [0.4, 0.5) is 0 Å². The predicted octanol–water partition coefficient (Wildman–Crippen LogP) is 2.33. The Labute approximate surface area is 140 Å². The van der Waals surface area contributed by atoms with E-state index >= 15 is 0 Å². The average Bonchev–Trinajstić information content (AvgIpc) is 2.55. The zero-order valence-corrected chi connectivity index (χ0v) is 13.9. The molecule has 1 aliphatic rings. The van der Waals surface area contributed by atoms with Gasteiger partial charge in [-0.05, 0) is 43.9 Å². The van der Waals surface area contributed by atoms with E-state index in [4.69, 9.17) is 10.2 Å². The second kappa shape index (κ2) is 7.15. The minimum absolute atomic E-state index is 0. The number of nitrogens with zero attached hydrogens (tertiary/aromatic N) is 1. The van der Waals surface area contributed by atoms with E-state index in [1.165, 1.54) is 0 Å². The number of carbonyl (C=O) groups is 1. The lowest BCUT2D eigenvalue weighted by atomic mass is 9.96. The Morgan fingerprint density at radius 3 is 2.61 bits per heavy atom. The second-order valence-electron chi connectivity index (χ2n) is 5.86. The summed E-state index contributed by atoms with van der Waals surface area (Å²) in [6, 6.07) is 7.29. The molecule has 124 valence electrons. The van der Waals surface area contributed by atoms with E-state index in [2.05, 4.69) is 0 Å². The van der Waals surface area contributed by atoms with Crippen LogP contribution < -0.4 is 11.4 Å². The third-order valence-corrected chi connectivity index (χ3v) is 4.52. The summed E-state index contributed by atoms with van der Waals surface area (Å²) < 4.78 is 5.30. The summed E-state index contributed by atoms with van der Waals surface area (Å²) in [5, 5.41) is 0.808. The highest BCUT2D eigenvalue weighted by Gasteiger charge is 2.27. The van der Waals surface area contributed by atoms with E-state index < -0.39 is 5.63 Å². The van der Waals surface area contributed by atoms with E-state index in [1.807, 2.05) is 18.2 Å². The maximum Gasteiger partial charge on any atom is 0.349 e. The van der Waals surface area contributed by atoms with Crippen molar-refractivity contribution in [1.29, 1.82) is 0 Å². The zero-order valence-electron chi connectivity index (χ0n) is 13.1. The molecule has 1 amide bonds. The molecule has 2 heterocycles. The number of carbonyl (C=O) groups excluding carboxylic acids is 1. The van der Waals surface area contributed by atoms with Crippen LogP contribution in [0.15, 0.2) is 33.5 Å². The van der Waals surface area contributed by atoms with E-state index in [-0.39, 0.29) is 23.9 Å². The standard InChI is InChI=1S/C17H20N2O3.ClH/c1-11-13-4-2-3-5-14(13)22-17(21)15(11)16(20)19-8-6-12(10-18)7-9-19;/h2-5,12H,6-10,18H2,1H3;1H. The molecule has 0 bridgehead atoms. The van der Waals surface area contributed by atoms with Crippen molar-refractivity contribution in [2.75, 3.05) is 19.6 Å². The number of halogens is 1. The number of fused-ring (bicyclic) bond motifs is 1. The number of nitrogens with two attached hydrogens (primary N) is 1. The number of piperidine rings is 1. The maximum atomic E-state index is 12.7. The molecule has 5 nitrogen and oxygen atoms in total. The fraction of sp³-hybridized carbons (Fsp3) is 0.412. The monoisotopic (exact) mass is 336 g/mol. The largest absolute Gasteiger partial charge is 0.422 e. The first-order valence-electron chi connectivity index (χ1n) is 7.63. The van der Waals surface area contributed by atoms with Gasteiger partial charge in [-0.25, -0.2) is 4.79 Å². The lowest BCUT2D eigenvalue weighted by Gasteiger charge is -2.31. The number of para-hydroxylation sites is 1. The number of amides is 1. The minimum atomic E-state index is -0.554. The van der Waals surface area contributed by atoms with Gasteiger partial charge in [-0.3, -0.25) is 4.79 Å². The molecule has 1 fully saturated rings. The summed E-state index contributed by atoms with van der Waals surface area (Å²) in [4.78, 5) is 26.7. The molecule has 0 atom stereocenters. The molecule has 0 unspecified atom stereocenters. The van der Waals surface area contributed by atoms with Crippen LogP contribution in [-0.2, 0) is 0 Å². The molecule has 23 heavy (non-hydrogen) atoms. The van der Waals surface area contributed by atoms with Crippen LogP contribution >= 0.6 is 12.4 Å². The molecule has 1 aliphatic heterocycles. The van der Waals surface area contributed by atoms with Crippen LogP contribution in [0.3, 0.4) is 0 Å².